The predicted octanol–water partition coefficient (Wildman–Crippen LogP) is 1.02. The number of thiazole rings is 1. The number of rotatable bonds is 8. The van der Waals surface area contributed by atoms with Crippen molar-refractivity contribution in [1.82, 2.24) is 0 Å². The fourth-order valence-corrected chi connectivity index (χ4v) is 3.62. The zero-order valence-corrected chi connectivity index (χ0v) is 17.0. The van der Waals surface area contributed by atoms with Crippen LogP contribution in [0.25, 0.3) is 0 Å². The molecule has 1 aromatic heterocycles. The number of aliphatic hydroxyl groups excluding tert-OH is 1. The van der Waals surface area contributed by atoms with Crippen LogP contribution in [0.5, 0.6) is 0 Å². The summed E-state index contributed by atoms with van der Waals surface area (Å²) in [7, 11) is 0. The number of hydrogen-bond acceptors (Lipinski definition) is 3. The lowest BCUT2D eigenvalue weighted by molar-refractivity contribution is -0.684. The molecule has 0 aliphatic heterocycles. The van der Waals surface area contributed by atoms with Gasteiger partial charge in [0, 0.05) is 12.5 Å². The van der Waals surface area contributed by atoms with Crippen LogP contribution in [0.4, 0.5) is 0 Å². The van der Waals surface area contributed by atoms with E-state index in [0.717, 1.165) is 22.6 Å². The zero-order valence-electron chi connectivity index (χ0n) is 14.6. The summed E-state index contributed by atoms with van der Waals surface area (Å²) in [5.74, 6) is 0.105. The van der Waals surface area contributed by atoms with Crippen LogP contribution < -0.4 is 21.5 Å². The van der Waals surface area contributed by atoms with Gasteiger partial charge in [-0.1, -0.05) is 55.4 Å². The van der Waals surface area contributed by atoms with Gasteiger partial charge in [-0.3, -0.25) is 4.79 Å². The first kappa shape index (κ1) is 21.0. The minimum atomic E-state index is -0.487. The van der Waals surface area contributed by atoms with Gasteiger partial charge in [-0.05, 0) is 25.3 Å². The molecule has 0 saturated heterocycles. The summed E-state index contributed by atoms with van der Waals surface area (Å²) in [5.41, 5.74) is 4.93. The largest absolute Gasteiger partial charge is 1.00 e. The number of carbonyl (C=O) groups excluding carboxylic acids is 1. The third-order valence-electron chi connectivity index (χ3n) is 4.13. The van der Waals surface area contributed by atoms with E-state index in [1.165, 1.54) is 36.2 Å². The molecule has 1 N–H and O–H groups in total. The van der Waals surface area contributed by atoms with Crippen molar-refractivity contribution in [3.05, 3.63) is 51.5 Å². The van der Waals surface area contributed by atoms with Gasteiger partial charge in [0.1, 0.15) is 4.88 Å². The molecule has 2 aromatic rings. The zero-order chi connectivity index (χ0) is 16.8. The fourth-order valence-electron chi connectivity index (χ4n) is 2.67. The Morgan fingerprint density at radius 3 is 2.46 bits per heavy atom. The highest BCUT2D eigenvalue weighted by Crippen LogP contribution is 2.19. The lowest BCUT2D eigenvalue weighted by Gasteiger charge is -2.03. The van der Waals surface area contributed by atoms with E-state index in [1.807, 2.05) is 29.1 Å². The molecule has 0 saturated carbocycles. The number of aromatic nitrogens is 1. The molecule has 1 heterocycles. The maximum Gasteiger partial charge on any atom is 0.227 e. The Kier molecular flexibility index (Phi) is 8.81. The molecule has 132 valence electrons. The van der Waals surface area contributed by atoms with Gasteiger partial charge in [0.15, 0.2) is 5.69 Å². The molecule has 0 amide bonds. The van der Waals surface area contributed by atoms with Crippen LogP contribution in [0.2, 0.25) is 0 Å². The van der Waals surface area contributed by atoms with Crippen LogP contribution in [-0.4, -0.2) is 10.9 Å². The summed E-state index contributed by atoms with van der Waals surface area (Å²) in [6.07, 6.45) is 4.27. The predicted molar refractivity (Wildman–Crippen MR) is 93.9 cm³/mol. The Bertz CT molecular complexity index is 650. The van der Waals surface area contributed by atoms with Gasteiger partial charge in [-0.2, -0.15) is 4.57 Å². The van der Waals surface area contributed by atoms with Crippen molar-refractivity contribution < 1.29 is 31.4 Å². The molecule has 24 heavy (non-hydrogen) atoms. The average molecular weight is 412 g/mol. The summed E-state index contributed by atoms with van der Waals surface area (Å²) < 4.78 is 1.92. The van der Waals surface area contributed by atoms with E-state index in [-0.39, 0.29) is 22.8 Å². The molecule has 1 aromatic carbocycles. The van der Waals surface area contributed by atoms with Crippen molar-refractivity contribution in [2.24, 2.45) is 0 Å². The molecule has 0 bridgehead atoms. The minimum Gasteiger partial charge on any atom is -1.00 e. The summed E-state index contributed by atoms with van der Waals surface area (Å²) in [6.45, 7) is 6.23. The van der Waals surface area contributed by atoms with Crippen LogP contribution in [0.3, 0.4) is 0 Å². The first-order valence-corrected chi connectivity index (χ1v) is 9.18. The molecule has 0 aliphatic rings. The molecule has 5 heteroatoms. The molecular formula is C19H26BrNO2S. The summed E-state index contributed by atoms with van der Waals surface area (Å²) >= 11 is 1.50. The van der Waals surface area contributed by atoms with Crippen LogP contribution >= 0.6 is 11.3 Å². The molecule has 0 fully saturated rings. The molecule has 0 spiro atoms. The van der Waals surface area contributed by atoms with Gasteiger partial charge in [0.25, 0.3) is 0 Å². The topological polar surface area (TPSA) is 41.2 Å². The molecular weight excluding hydrogens is 386 g/mol. The van der Waals surface area contributed by atoms with E-state index in [2.05, 4.69) is 19.1 Å². The second kappa shape index (κ2) is 10.1. The molecule has 3 nitrogen and oxygen atoms in total. The highest BCUT2D eigenvalue weighted by atomic mass is 79.9. The second-order valence-electron chi connectivity index (χ2n) is 6.05. The Labute approximate surface area is 159 Å². The fraction of sp³-hybridized carbons (Fsp3) is 0.474. The molecule has 1 atom stereocenters. The SMILES string of the molecule is CCCCCc1ccc(C(=O)C[n+]2csc(C(C)O)c2C)cc1.[Br-]. The lowest BCUT2D eigenvalue weighted by atomic mass is 10.0. The number of benzene rings is 1. The van der Waals surface area contributed by atoms with Gasteiger partial charge in [-0.25, -0.2) is 0 Å². The highest BCUT2D eigenvalue weighted by Gasteiger charge is 2.21. The number of hydrogen-bond donors (Lipinski definition) is 1. The van der Waals surface area contributed by atoms with Crippen LogP contribution in [0.1, 0.15) is 65.7 Å². The number of unbranched alkanes of at least 4 members (excludes halogenated alkanes) is 2. The van der Waals surface area contributed by atoms with Crippen molar-refractivity contribution in [3.63, 3.8) is 0 Å². The third kappa shape index (κ3) is 5.50. The number of aryl methyl sites for hydroxylation is 1. The summed E-state index contributed by atoms with van der Waals surface area (Å²) in [6, 6.07) is 7.99. The minimum absolute atomic E-state index is 0. The van der Waals surface area contributed by atoms with E-state index in [0.29, 0.717) is 6.54 Å². The number of carbonyl (C=O) groups is 1. The van der Waals surface area contributed by atoms with Crippen molar-refractivity contribution in [1.29, 1.82) is 0 Å². The monoisotopic (exact) mass is 411 g/mol. The number of Topliss-reactive ketones (excluding diaryl/α,β-unsaturated/α-hetero) is 1. The molecule has 0 aliphatic carbocycles. The summed E-state index contributed by atoms with van der Waals surface area (Å²) in [5, 5.41) is 9.70. The van der Waals surface area contributed by atoms with Crippen molar-refractivity contribution in [2.45, 2.75) is 59.1 Å². The van der Waals surface area contributed by atoms with Crippen LogP contribution in [0, 0.1) is 6.92 Å². The van der Waals surface area contributed by atoms with Gasteiger partial charge < -0.3 is 22.1 Å². The van der Waals surface area contributed by atoms with Gasteiger partial charge in [0.05, 0.1) is 6.10 Å². The summed E-state index contributed by atoms with van der Waals surface area (Å²) in [4.78, 5) is 13.4. The normalized spacial score (nSPS) is 11.8. The number of halogens is 1. The standard InChI is InChI=1S/C19H26NO2S.BrH/c1-4-5-6-7-16-8-10-17(11-9-16)18(22)12-20-13-23-19(14(20)2)15(3)21;/h8-11,13,15,21H,4-7,12H2,1-3H3;1H/q+1;/p-1. The quantitative estimate of drug-likeness (QED) is 0.400. The molecule has 0 radical (unpaired) electrons. The number of ketones is 1. The molecule has 1 unspecified atom stereocenters. The Morgan fingerprint density at radius 2 is 1.92 bits per heavy atom. The third-order valence-corrected chi connectivity index (χ3v) is 5.38. The van der Waals surface area contributed by atoms with Crippen molar-refractivity contribution in [2.75, 3.05) is 0 Å². The van der Waals surface area contributed by atoms with E-state index in [4.69, 9.17) is 0 Å². The van der Waals surface area contributed by atoms with Gasteiger partial charge >= 0.3 is 0 Å². The lowest BCUT2D eigenvalue weighted by Crippen LogP contribution is -3.00. The van der Waals surface area contributed by atoms with Crippen molar-refractivity contribution in [3.8, 4) is 0 Å². The second-order valence-corrected chi connectivity index (χ2v) is 6.94. The van der Waals surface area contributed by atoms with Gasteiger partial charge in [-0.15, -0.1) is 0 Å². The highest BCUT2D eigenvalue weighted by molar-refractivity contribution is 7.09. The Morgan fingerprint density at radius 1 is 1.25 bits per heavy atom. The van der Waals surface area contributed by atoms with Gasteiger partial charge in [0.2, 0.25) is 17.8 Å². The van der Waals surface area contributed by atoms with E-state index in [1.54, 1.807) is 6.92 Å². The Balaban J connectivity index is 0.00000288. The average Bonchev–Trinajstić information content (AvgIpc) is 2.89. The van der Waals surface area contributed by atoms with Crippen LogP contribution in [0.15, 0.2) is 29.8 Å². The number of nitrogens with zero attached hydrogens (tertiary/aromatic N) is 1. The van der Waals surface area contributed by atoms with E-state index in [9.17, 15) is 9.90 Å². The van der Waals surface area contributed by atoms with Crippen molar-refractivity contribution >= 4 is 17.1 Å². The first-order valence-electron chi connectivity index (χ1n) is 8.30. The smallest absolute Gasteiger partial charge is 0.227 e. The maximum absolute atomic E-state index is 12.4. The molecule has 2 rings (SSSR count). The Hall–Kier alpha value is -1.04. The first-order chi connectivity index (χ1) is 11.0. The maximum atomic E-state index is 12.4. The van der Waals surface area contributed by atoms with Crippen LogP contribution in [-0.2, 0) is 13.0 Å². The van der Waals surface area contributed by atoms with E-state index < -0.39 is 6.10 Å². The van der Waals surface area contributed by atoms with E-state index >= 15 is 0 Å². The number of aliphatic hydroxyl groups is 1.